The number of nitrogens with zero attached hydrogens (tertiary/aromatic N) is 1. The van der Waals surface area contributed by atoms with E-state index >= 15 is 0 Å². The molecule has 2 aromatic rings. The highest BCUT2D eigenvalue weighted by Crippen LogP contribution is 2.43. The Hall–Kier alpha value is -2.99. The van der Waals surface area contributed by atoms with Crippen molar-refractivity contribution in [3.63, 3.8) is 0 Å². The van der Waals surface area contributed by atoms with Gasteiger partial charge in [0, 0.05) is 18.2 Å². The summed E-state index contributed by atoms with van der Waals surface area (Å²) in [6, 6.07) is 7.07. The van der Waals surface area contributed by atoms with Gasteiger partial charge >= 0.3 is 0 Å². The van der Waals surface area contributed by atoms with Crippen LogP contribution in [0, 0.1) is 6.92 Å². The third-order valence-electron chi connectivity index (χ3n) is 5.99. The first-order chi connectivity index (χ1) is 15.9. The number of benzene rings is 2. The number of rotatable bonds is 11. The Morgan fingerprint density at radius 1 is 1.06 bits per heavy atom. The highest BCUT2D eigenvalue weighted by molar-refractivity contribution is 6.16. The van der Waals surface area contributed by atoms with E-state index in [2.05, 4.69) is 18.7 Å². The molecule has 178 valence electrons. The molecule has 0 unspecified atom stereocenters. The quantitative estimate of drug-likeness (QED) is 0.438. The normalized spacial score (nSPS) is 14.0. The first kappa shape index (κ1) is 24.6. The van der Waals surface area contributed by atoms with Crippen molar-refractivity contribution < 1.29 is 24.1 Å². The average molecular weight is 454 g/mol. The summed E-state index contributed by atoms with van der Waals surface area (Å²) in [7, 11) is 3.17. The van der Waals surface area contributed by atoms with Crippen LogP contribution in [0.5, 0.6) is 23.0 Å². The summed E-state index contributed by atoms with van der Waals surface area (Å²) in [5.41, 5.74) is 2.61. The predicted molar refractivity (Wildman–Crippen MR) is 130 cm³/mol. The molecule has 1 aliphatic heterocycles. The molecular formula is C27H35NO5. The lowest BCUT2D eigenvalue weighted by Gasteiger charge is -2.23. The fourth-order valence-electron chi connectivity index (χ4n) is 4.07. The molecule has 6 heteroatoms. The smallest absolute Gasteiger partial charge is 0.232 e. The minimum atomic E-state index is -0.185. The lowest BCUT2D eigenvalue weighted by Crippen LogP contribution is -2.26. The van der Waals surface area contributed by atoms with Crippen LogP contribution in [0.2, 0.25) is 0 Å². The van der Waals surface area contributed by atoms with Gasteiger partial charge in [0.1, 0.15) is 23.0 Å². The van der Waals surface area contributed by atoms with Crippen LogP contribution in [-0.2, 0) is 6.54 Å². The number of methoxy groups -OCH3 is 2. The topological polar surface area (TPSA) is 68.2 Å². The molecule has 0 aliphatic carbocycles. The molecule has 0 amide bonds. The van der Waals surface area contributed by atoms with Crippen molar-refractivity contribution in [3.8, 4) is 23.0 Å². The minimum absolute atomic E-state index is 0.167. The molecule has 2 aromatic carbocycles. The number of carbonyl (C=O) groups is 1. The first-order valence-electron chi connectivity index (χ1n) is 11.7. The van der Waals surface area contributed by atoms with Crippen molar-refractivity contribution in [2.24, 2.45) is 0 Å². The SMILES string of the molecule is CCCCN(CCCC)Cc1c(O)cc(C)c2c1O/C(=C/c1ccc(OC)cc1OC)C2=O. The molecular weight excluding hydrogens is 418 g/mol. The molecule has 0 bridgehead atoms. The highest BCUT2D eigenvalue weighted by Gasteiger charge is 2.33. The fraction of sp³-hybridized carbons (Fsp3) is 0.444. The average Bonchev–Trinajstić information content (AvgIpc) is 3.14. The van der Waals surface area contributed by atoms with Crippen LogP contribution < -0.4 is 14.2 Å². The van der Waals surface area contributed by atoms with Crippen molar-refractivity contribution in [2.45, 2.75) is 53.0 Å². The zero-order valence-electron chi connectivity index (χ0n) is 20.4. The number of ketones is 1. The van der Waals surface area contributed by atoms with Gasteiger partial charge in [-0.1, -0.05) is 26.7 Å². The van der Waals surface area contributed by atoms with Crippen molar-refractivity contribution in [2.75, 3.05) is 27.3 Å². The summed E-state index contributed by atoms with van der Waals surface area (Å²) in [5.74, 6) is 1.92. The Bertz CT molecular complexity index is 1020. The van der Waals surface area contributed by atoms with Gasteiger partial charge in [-0.3, -0.25) is 9.69 Å². The molecule has 0 saturated heterocycles. The maximum absolute atomic E-state index is 13.3. The second kappa shape index (κ2) is 11.2. The van der Waals surface area contributed by atoms with Crippen LogP contribution in [-0.4, -0.2) is 43.1 Å². The van der Waals surface area contributed by atoms with Gasteiger partial charge in [0.2, 0.25) is 5.78 Å². The van der Waals surface area contributed by atoms with E-state index in [4.69, 9.17) is 14.2 Å². The van der Waals surface area contributed by atoms with E-state index in [1.165, 1.54) is 0 Å². The number of hydrogen-bond donors (Lipinski definition) is 1. The summed E-state index contributed by atoms with van der Waals surface area (Å²) in [5, 5.41) is 10.8. The van der Waals surface area contributed by atoms with Crippen molar-refractivity contribution in [3.05, 3.63) is 52.3 Å². The van der Waals surface area contributed by atoms with Gasteiger partial charge in [0.05, 0.1) is 25.3 Å². The van der Waals surface area contributed by atoms with Crippen LogP contribution in [0.4, 0.5) is 0 Å². The lowest BCUT2D eigenvalue weighted by atomic mass is 9.99. The summed E-state index contributed by atoms with van der Waals surface area (Å²) in [6.45, 7) is 8.60. The number of fused-ring (bicyclic) bond motifs is 1. The van der Waals surface area contributed by atoms with E-state index in [0.717, 1.165) is 38.8 Å². The molecule has 1 aliphatic rings. The molecule has 0 fully saturated rings. The number of phenols is 1. The van der Waals surface area contributed by atoms with E-state index in [-0.39, 0.29) is 17.3 Å². The van der Waals surface area contributed by atoms with Gasteiger partial charge in [-0.05, 0) is 62.7 Å². The zero-order valence-corrected chi connectivity index (χ0v) is 20.4. The molecule has 0 aromatic heterocycles. The van der Waals surface area contributed by atoms with Crippen LogP contribution >= 0.6 is 0 Å². The Labute approximate surface area is 196 Å². The number of Topliss-reactive ketones (excluding diaryl/α,β-unsaturated/α-hetero) is 1. The molecule has 0 saturated carbocycles. The number of aromatic hydroxyl groups is 1. The number of phenolic OH excluding ortho intramolecular Hbond substituents is 1. The fourth-order valence-corrected chi connectivity index (χ4v) is 4.07. The van der Waals surface area contributed by atoms with Crippen LogP contribution in [0.25, 0.3) is 6.08 Å². The highest BCUT2D eigenvalue weighted by atomic mass is 16.5. The Kier molecular flexibility index (Phi) is 8.39. The standard InChI is InChI=1S/C27H35NO5/c1-6-8-12-28(13-9-7-2)17-21-22(29)14-18(3)25-26(30)24(33-27(21)25)15-19-10-11-20(31-4)16-23(19)32-5/h10-11,14-16,29H,6-9,12-13,17H2,1-5H3/b24-15+. The van der Waals surface area contributed by atoms with E-state index < -0.39 is 0 Å². The third-order valence-corrected chi connectivity index (χ3v) is 5.99. The van der Waals surface area contributed by atoms with Crippen LogP contribution in [0.1, 0.15) is 66.6 Å². The monoisotopic (exact) mass is 453 g/mol. The lowest BCUT2D eigenvalue weighted by molar-refractivity contribution is 0.101. The maximum atomic E-state index is 13.3. The van der Waals surface area contributed by atoms with Gasteiger partial charge in [0.15, 0.2) is 5.76 Å². The van der Waals surface area contributed by atoms with Gasteiger partial charge in [-0.15, -0.1) is 0 Å². The molecule has 1 N–H and O–H groups in total. The molecule has 0 radical (unpaired) electrons. The van der Waals surface area contributed by atoms with E-state index in [9.17, 15) is 9.90 Å². The summed E-state index contributed by atoms with van der Waals surface area (Å²) < 4.78 is 16.8. The zero-order chi connectivity index (χ0) is 24.0. The second-order valence-corrected chi connectivity index (χ2v) is 8.43. The van der Waals surface area contributed by atoms with E-state index in [1.807, 2.05) is 19.1 Å². The Morgan fingerprint density at radius 3 is 2.36 bits per heavy atom. The molecule has 33 heavy (non-hydrogen) atoms. The number of unbranched alkanes of at least 4 members (excludes halogenated alkanes) is 2. The first-order valence-corrected chi connectivity index (χ1v) is 11.7. The van der Waals surface area contributed by atoms with Crippen LogP contribution in [0.15, 0.2) is 30.0 Å². The van der Waals surface area contributed by atoms with Gasteiger partial charge in [-0.2, -0.15) is 0 Å². The van der Waals surface area contributed by atoms with Crippen molar-refractivity contribution in [1.82, 2.24) is 4.90 Å². The van der Waals surface area contributed by atoms with Crippen molar-refractivity contribution >= 4 is 11.9 Å². The van der Waals surface area contributed by atoms with E-state index in [1.54, 1.807) is 32.4 Å². The van der Waals surface area contributed by atoms with Gasteiger partial charge in [0.25, 0.3) is 0 Å². The Balaban J connectivity index is 1.97. The largest absolute Gasteiger partial charge is 0.507 e. The summed E-state index contributed by atoms with van der Waals surface area (Å²) in [4.78, 5) is 15.6. The number of allylic oxidation sites excluding steroid dienone is 1. The van der Waals surface area contributed by atoms with Gasteiger partial charge < -0.3 is 19.3 Å². The van der Waals surface area contributed by atoms with E-state index in [0.29, 0.717) is 46.0 Å². The predicted octanol–water partition coefficient (Wildman–Crippen LogP) is 5.74. The number of hydrogen-bond acceptors (Lipinski definition) is 6. The second-order valence-electron chi connectivity index (χ2n) is 8.43. The molecule has 0 atom stereocenters. The molecule has 0 spiro atoms. The number of ether oxygens (including phenoxy) is 3. The molecule has 1 heterocycles. The Morgan fingerprint density at radius 2 is 1.76 bits per heavy atom. The molecule has 3 rings (SSSR count). The maximum Gasteiger partial charge on any atom is 0.232 e. The number of aryl methyl sites for hydroxylation is 1. The van der Waals surface area contributed by atoms with Gasteiger partial charge in [-0.25, -0.2) is 0 Å². The minimum Gasteiger partial charge on any atom is -0.507 e. The summed E-state index contributed by atoms with van der Waals surface area (Å²) >= 11 is 0. The number of carbonyl (C=O) groups excluding carboxylic acids is 1. The third kappa shape index (κ3) is 5.50. The van der Waals surface area contributed by atoms with Crippen molar-refractivity contribution in [1.29, 1.82) is 0 Å². The molecule has 6 nitrogen and oxygen atoms in total. The van der Waals surface area contributed by atoms with Crippen LogP contribution in [0.3, 0.4) is 0 Å². The summed E-state index contributed by atoms with van der Waals surface area (Å²) in [6.07, 6.45) is 6.06.